The SMILES string of the molecule is CC1=C(O)[C@@]2(O)C(=O)C3=C(O)c4c(O)ccc(N(C)C)c4C[C@H]3C[C@H]2[C@H](N(C)C)C1=O. The zero-order chi connectivity index (χ0) is 23.0. The second-order valence-corrected chi connectivity index (χ2v) is 9.20. The molecule has 0 heterocycles. The molecule has 31 heavy (non-hydrogen) atoms. The van der Waals surface area contributed by atoms with E-state index in [1.165, 1.54) is 13.0 Å². The number of nitrogens with zero attached hydrogens (tertiary/aromatic N) is 2. The van der Waals surface area contributed by atoms with Crippen molar-refractivity contribution in [3.8, 4) is 5.75 Å². The largest absolute Gasteiger partial charge is 0.508 e. The van der Waals surface area contributed by atoms with Gasteiger partial charge in [-0.05, 0) is 57.5 Å². The Morgan fingerprint density at radius 1 is 1.06 bits per heavy atom. The van der Waals surface area contributed by atoms with E-state index in [4.69, 9.17) is 0 Å². The molecule has 0 aliphatic heterocycles. The molecule has 3 aliphatic carbocycles. The number of aliphatic hydroxyl groups is 3. The Labute approximate surface area is 180 Å². The first-order valence-electron chi connectivity index (χ1n) is 10.3. The van der Waals surface area contributed by atoms with Crippen molar-refractivity contribution < 1.29 is 30.0 Å². The molecule has 0 unspecified atom stereocenters. The Morgan fingerprint density at radius 3 is 2.29 bits per heavy atom. The molecule has 0 saturated heterocycles. The first-order chi connectivity index (χ1) is 14.4. The van der Waals surface area contributed by atoms with Crippen molar-refractivity contribution in [2.75, 3.05) is 33.1 Å². The summed E-state index contributed by atoms with van der Waals surface area (Å²) in [5.74, 6) is -3.67. The van der Waals surface area contributed by atoms with Gasteiger partial charge >= 0.3 is 0 Å². The number of aromatic hydroxyl groups is 1. The third-order valence-electron chi connectivity index (χ3n) is 7.06. The second-order valence-electron chi connectivity index (χ2n) is 9.20. The topological polar surface area (TPSA) is 122 Å². The van der Waals surface area contributed by atoms with Crippen LogP contribution in [0.15, 0.2) is 29.0 Å². The zero-order valence-electron chi connectivity index (χ0n) is 18.3. The quantitative estimate of drug-likeness (QED) is 0.560. The molecule has 1 aromatic carbocycles. The van der Waals surface area contributed by atoms with E-state index in [9.17, 15) is 30.0 Å². The van der Waals surface area contributed by atoms with Crippen LogP contribution in [0.2, 0.25) is 0 Å². The number of phenols is 1. The number of benzene rings is 1. The number of fused-ring (bicyclic) bond motifs is 3. The molecular formula is C23H28N2O6. The predicted octanol–water partition coefficient (Wildman–Crippen LogP) is 1.56. The minimum atomic E-state index is -2.31. The smallest absolute Gasteiger partial charge is 0.202 e. The number of ketones is 2. The van der Waals surface area contributed by atoms with Gasteiger partial charge in [-0.15, -0.1) is 0 Å². The highest BCUT2D eigenvalue weighted by molar-refractivity contribution is 6.14. The maximum Gasteiger partial charge on any atom is 0.202 e. The minimum Gasteiger partial charge on any atom is -0.508 e. The van der Waals surface area contributed by atoms with E-state index in [0.717, 1.165) is 5.69 Å². The summed E-state index contributed by atoms with van der Waals surface area (Å²) in [6.07, 6.45) is 0.572. The highest BCUT2D eigenvalue weighted by Crippen LogP contribution is 2.53. The van der Waals surface area contributed by atoms with Crippen molar-refractivity contribution in [1.82, 2.24) is 4.90 Å². The lowest BCUT2D eigenvalue weighted by Gasteiger charge is -2.50. The molecule has 4 rings (SSSR count). The van der Waals surface area contributed by atoms with E-state index in [-0.39, 0.29) is 40.4 Å². The van der Waals surface area contributed by atoms with Gasteiger partial charge in [-0.2, -0.15) is 0 Å². The normalized spacial score (nSPS) is 30.4. The fourth-order valence-electron chi connectivity index (χ4n) is 5.58. The minimum absolute atomic E-state index is 0.0105. The summed E-state index contributed by atoms with van der Waals surface area (Å²) in [7, 11) is 7.09. The molecule has 0 bridgehead atoms. The Balaban J connectivity index is 1.96. The Hall–Kier alpha value is -2.84. The highest BCUT2D eigenvalue weighted by atomic mass is 16.3. The standard InChI is InChI=1S/C23H28N2O6/c1-10-19(27)18(25(4)5)13-9-11-8-12-14(24(2)3)6-7-15(26)17(12)20(28)16(11)22(30)23(13,31)21(10)29/h6-7,11,13,18,26,28-29,31H,8-9H2,1-5H3/t11-,13-,18-,23+/m0/s1. The van der Waals surface area contributed by atoms with Gasteiger partial charge in [-0.25, -0.2) is 0 Å². The van der Waals surface area contributed by atoms with Crippen molar-refractivity contribution in [2.24, 2.45) is 11.8 Å². The molecule has 0 aromatic heterocycles. The number of rotatable bonds is 2. The Morgan fingerprint density at radius 2 is 1.71 bits per heavy atom. The number of anilines is 1. The molecule has 0 spiro atoms. The van der Waals surface area contributed by atoms with Crippen LogP contribution in [0.1, 0.15) is 24.5 Å². The van der Waals surface area contributed by atoms with Crippen molar-refractivity contribution in [3.63, 3.8) is 0 Å². The molecule has 8 heteroatoms. The molecule has 1 saturated carbocycles. The van der Waals surface area contributed by atoms with Gasteiger partial charge in [0.2, 0.25) is 5.78 Å². The van der Waals surface area contributed by atoms with Crippen LogP contribution in [-0.2, 0) is 16.0 Å². The van der Waals surface area contributed by atoms with Crippen LogP contribution < -0.4 is 4.90 Å². The number of likely N-dealkylation sites (N-methyl/N-ethyl adjacent to an activating group) is 1. The lowest BCUT2D eigenvalue weighted by Crippen LogP contribution is -2.64. The fourth-order valence-corrected chi connectivity index (χ4v) is 5.58. The first-order valence-corrected chi connectivity index (χ1v) is 10.3. The van der Waals surface area contributed by atoms with E-state index < -0.39 is 35.0 Å². The number of hydrogen-bond acceptors (Lipinski definition) is 8. The van der Waals surface area contributed by atoms with E-state index in [0.29, 0.717) is 12.0 Å². The number of Topliss-reactive ketones (excluding diaryl/α,β-unsaturated/α-hetero) is 2. The van der Waals surface area contributed by atoms with Crippen LogP contribution in [0, 0.1) is 11.8 Å². The summed E-state index contributed by atoms with van der Waals surface area (Å²) in [5, 5.41) is 43.8. The van der Waals surface area contributed by atoms with Gasteiger partial charge in [0.15, 0.2) is 11.4 Å². The zero-order valence-corrected chi connectivity index (χ0v) is 18.3. The van der Waals surface area contributed by atoms with E-state index in [1.54, 1.807) is 25.1 Å². The van der Waals surface area contributed by atoms with Crippen LogP contribution in [0.4, 0.5) is 5.69 Å². The summed E-state index contributed by atoms with van der Waals surface area (Å²) < 4.78 is 0. The van der Waals surface area contributed by atoms with Gasteiger partial charge in [0.25, 0.3) is 0 Å². The predicted molar refractivity (Wildman–Crippen MR) is 115 cm³/mol. The maximum atomic E-state index is 13.6. The molecule has 166 valence electrons. The van der Waals surface area contributed by atoms with Gasteiger partial charge in [0, 0.05) is 36.8 Å². The van der Waals surface area contributed by atoms with Crippen LogP contribution in [0.5, 0.6) is 5.75 Å². The van der Waals surface area contributed by atoms with Gasteiger partial charge in [0.05, 0.1) is 11.6 Å². The van der Waals surface area contributed by atoms with E-state index >= 15 is 0 Å². The lowest BCUT2D eigenvalue weighted by molar-refractivity contribution is -0.153. The average Bonchev–Trinajstić information content (AvgIpc) is 2.68. The third-order valence-corrected chi connectivity index (χ3v) is 7.06. The number of hydrogen-bond donors (Lipinski definition) is 4. The summed E-state index contributed by atoms with van der Waals surface area (Å²) in [6.45, 7) is 1.39. The van der Waals surface area contributed by atoms with Crippen LogP contribution in [-0.4, -0.2) is 76.7 Å². The van der Waals surface area contributed by atoms with E-state index in [2.05, 4.69) is 0 Å². The highest BCUT2D eigenvalue weighted by Gasteiger charge is 2.62. The maximum absolute atomic E-state index is 13.6. The molecule has 4 atom stereocenters. The van der Waals surface area contributed by atoms with Crippen LogP contribution in [0.25, 0.3) is 5.76 Å². The molecule has 8 nitrogen and oxygen atoms in total. The third kappa shape index (κ3) is 2.68. The second kappa shape index (κ2) is 6.83. The Kier molecular flexibility index (Phi) is 4.71. The van der Waals surface area contributed by atoms with Gasteiger partial charge in [-0.3, -0.25) is 14.5 Å². The molecule has 1 aromatic rings. The molecule has 3 aliphatic rings. The summed E-state index contributed by atoms with van der Waals surface area (Å²) in [4.78, 5) is 30.0. The summed E-state index contributed by atoms with van der Waals surface area (Å²) in [5.41, 5.74) is -0.701. The summed E-state index contributed by atoms with van der Waals surface area (Å²) >= 11 is 0. The molecule has 0 radical (unpaired) electrons. The summed E-state index contributed by atoms with van der Waals surface area (Å²) in [6, 6.07) is 2.42. The van der Waals surface area contributed by atoms with Crippen molar-refractivity contribution >= 4 is 23.0 Å². The average molecular weight is 428 g/mol. The number of phenolic OH excluding ortho intramolecular Hbond substituents is 1. The fraction of sp³-hybridized carbons (Fsp3) is 0.478. The van der Waals surface area contributed by atoms with E-state index in [1.807, 2.05) is 19.0 Å². The number of aliphatic hydroxyl groups excluding tert-OH is 2. The first kappa shape index (κ1) is 21.4. The number of carbonyl (C=O) groups excluding carboxylic acids is 2. The van der Waals surface area contributed by atoms with Crippen LogP contribution in [0.3, 0.4) is 0 Å². The lowest BCUT2D eigenvalue weighted by atomic mass is 9.57. The molecule has 1 fully saturated rings. The van der Waals surface area contributed by atoms with Crippen molar-refractivity contribution in [1.29, 1.82) is 0 Å². The van der Waals surface area contributed by atoms with Crippen molar-refractivity contribution in [2.45, 2.75) is 31.4 Å². The molecular weight excluding hydrogens is 400 g/mol. The number of carbonyl (C=O) groups is 2. The van der Waals surface area contributed by atoms with Crippen molar-refractivity contribution in [3.05, 3.63) is 40.2 Å². The van der Waals surface area contributed by atoms with Crippen LogP contribution >= 0.6 is 0 Å². The van der Waals surface area contributed by atoms with Gasteiger partial charge < -0.3 is 25.3 Å². The molecule has 0 amide bonds. The van der Waals surface area contributed by atoms with Gasteiger partial charge in [-0.1, -0.05) is 0 Å². The van der Waals surface area contributed by atoms with Gasteiger partial charge in [0.1, 0.15) is 17.3 Å². The Bertz CT molecular complexity index is 1070. The molecule has 4 N–H and O–H groups in total. The monoisotopic (exact) mass is 428 g/mol.